The van der Waals surface area contributed by atoms with E-state index in [9.17, 15) is 0 Å². The van der Waals surface area contributed by atoms with E-state index in [2.05, 4.69) is 54.7 Å². The number of nitrogens with one attached hydrogen (secondary N) is 1. The van der Waals surface area contributed by atoms with Gasteiger partial charge in [-0.25, -0.2) is 0 Å². The maximum absolute atomic E-state index is 3.60. The van der Waals surface area contributed by atoms with Crippen molar-refractivity contribution in [2.45, 2.75) is 45.8 Å². The van der Waals surface area contributed by atoms with Crippen molar-refractivity contribution in [1.29, 1.82) is 0 Å². The second-order valence-corrected chi connectivity index (χ2v) is 6.33. The maximum Gasteiger partial charge on any atom is 0.0332 e. The minimum Gasteiger partial charge on any atom is -0.311 e. The summed E-state index contributed by atoms with van der Waals surface area (Å²) < 4.78 is 0. The standard InChI is InChI=1S/C14H24N2S/c1-10(2)14-7-15-11(3)8-16(14)12(4)13-5-6-17-9-13/h5-6,9-12,14-15H,7-8H2,1-4H3. The smallest absolute Gasteiger partial charge is 0.0332 e. The lowest BCUT2D eigenvalue weighted by Crippen LogP contribution is -2.57. The molecule has 0 aromatic carbocycles. The number of nitrogens with zero attached hydrogens (tertiary/aromatic N) is 1. The van der Waals surface area contributed by atoms with Crippen molar-refractivity contribution < 1.29 is 0 Å². The van der Waals surface area contributed by atoms with Gasteiger partial charge in [0.15, 0.2) is 0 Å². The Morgan fingerprint density at radius 2 is 2.18 bits per heavy atom. The molecule has 2 rings (SSSR count). The van der Waals surface area contributed by atoms with E-state index >= 15 is 0 Å². The Hall–Kier alpha value is -0.380. The lowest BCUT2D eigenvalue weighted by molar-refractivity contribution is 0.0659. The van der Waals surface area contributed by atoms with Crippen LogP contribution in [0.4, 0.5) is 0 Å². The fraction of sp³-hybridized carbons (Fsp3) is 0.714. The molecule has 0 bridgehead atoms. The lowest BCUT2D eigenvalue weighted by atomic mass is 9.95. The highest BCUT2D eigenvalue weighted by Crippen LogP contribution is 2.28. The van der Waals surface area contributed by atoms with Crippen molar-refractivity contribution in [2.75, 3.05) is 13.1 Å². The number of rotatable bonds is 3. The molecule has 0 radical (unpaired) electrons. The minimum atomic E-state index is 0.540. The molecule has 1 aliphatic heterocycles. The molecule has 2 nitrogen and oxygen atoms in total. The van der Waals surface area contributed by atoms with Crippen LogP contribution in [0.15, 0.2) is 16.8 Å². The first-order valence-electron chi connectivity index (χ1n) is 6.60. The molecular weight excluding hydrogens is 228 g/mol. The van der Waals surface area contributed by atoms with Crippen molar-refractivity contribution in [3.63, 3.8) is 0 Å². The Morgan fingerprint density at radius 1 is 1.41 bits per heavy atom. The van der Waals surface area contributed by atoms with Gasteiger partial charge >= 0.3 is 0 Å². The summed E-state index contributed by atoms with van der Waals surface area (Å²) in [6, 6.07) is 4.06. The van der Waals surface area contributed by atoms with Crippen molar-refractivity contribution in [3.8, 4) is 0 Å². The summed E-state index contributed by atoms with van der Waals surface area (Å²) >= 11 is 1.80. The number of hydrogen-bond donors (Lipinski definition) is 1. The van der Waals surface area contributed by atoms with Crippen LogP contribution in [0.3, 0.4) is 0 Å². The van der Waals surface area contributed by atoms with E-state index < -0.39 is 0 Å². The Labute approximate surface area is 109 Å². The molecule has 1 aromatic rings. The predicted molar refractivity (Wildman–Crippen MR) is 75.5 cm³/mol. The molecule has 1 saturated heterocycles. The molecule has 3 unspecified atom stereocenters. The second-order valence-electron chi connectivity index (χ2n) is 5.55. The van der Waals surface area contributed by atoms with E-state index in [0.717, 1.165) is 13.1 Å². The zero-order chi connectivity index (χ0) is 12.4. The van der Waals surface area contributed by atoms with Crippen LogP contribution in [0.5, 0.6) is 0 Å². The van der Waals surface area contributed by atoms with Crippen molar-refractivity contribution >= 4 is 11.3 Å². The van der Waals surface area contributed by atoms with Gasteiger partial charge in [-0.3, -0.25) is 4.90 Å². The monoisotopic (exact) mass is 252 g/mol. The van der Waals surface area contributed by atoms with Gasteiger partial charge in [0, 0.05) is 31.2 Å². The van der Waals surface area contributed by atoms with Crippen LogP contribution in [-0.4, -0.2) is 30.1 Å². The molecule has 1 aliphatic rings. The van der Waals surface area contributed by atoms with Crippen LogP contribution in [0.1, 0.15) is 39.3 Å². The zero-order valence-electron chi connectivity index (χ0n) is 11.3. The highest BCUT2D eigenvalue weighted by molar-refractivity contribution is 7.07. The molecule has 0 spiro atoms. The number of piperazine rings is 1. The van der Waals surface area contributed by atoms with Crippen LogP contribution >= 0.6 is 11.3 Å². The van der Waals surface area contributed by atoms with E-state index in [1.54, 1.807) is 11.3 Å². The highest BCUT2D eigenvalue weighted by atomic mass is 32.1. The van der Waals surface area contributed by atoms with E-state index in [1.165, 1.54) is 5.56 Å². The van der Waals surface area contributed by atoms with Gasteiger partial charge < -0.3 is 5.32 Å². The molecule has 1 fully saturated rings. The third-order valence-corrected chi connectivity index (χ3v) is 4.58. The summed E-state index contributed by atoms with van der Waals surface area (Å²) in [5.41, 5.74) is 1.47. The van der Waals surface area contributed by atoms with Gasteiger partial charge in [0.2, 0.25) is 0 Å². The zero-order valence-corrected chi connectivity index (χ0v) is 12.1. The molecular formula is C14H24N2S. The van der Waals surface area contributed by atoms with Gasteiger partial charge in [-0.15, -0.1) is 0 Å². The van der Waals surface area contributed by atoms with Crippen molar-refractivity contribution in [2.24, 2.45) is 5.92 Å². The van der Waals surface area contributed by atoms with E-state index in [4.69, 9.17) is 0 Å². The first-order chi connectivity index (χ1) is 8.09. The Balaban J connectivity index is 2.14. The molecule has 0 saturated carbocycles. The van der Waals surface area contributed by atoms with Gasteiger partial charge in [0.1, 0.15) is 0 Å². The summed E-state index contributed by atoms with van der Waals surface area (Å²) in [5, 5.41) is 8.07. The summed E-state index contributed by atoms with van der Waals surface area (Å²) in [6.45, 7) is 11.6. The largest absolute Gasteiger partial charge is 0.311 e. The van der Waals surface area contributed by atoms with Gasteiger partial charge in [-0.05, 0) is 42.2 Å². The Kier molecular flexibility index (Phi) is 4.23. The van der Waals surface area contributed by atoms with Gasteiger partial charge in [-0.1, -0.05) is 13.8 Å². The summed E-state index contributed by atoms with van der Waals surface area (Å²) in [7, 11) is 0. The lowest BCUT2D eigenvalue weighted by Gasteiger charge is -2.44. The molecule has 0 amide bonds. The van der Waals surface area contributed by atoms with Gasteiger partial charge in [-0.2, -0.15) is 11.3 Å². The topological polar surface area (TPSA) is 15.3 Å². The van der Waals surface area contributed by atoms with Crippen LogP contribution < -0.4 is 5.32 Å². The highest BCUT2D eigenvalue weighted by Gasteiger charge is 2.31. The van der Waals surface area contributed by atoms with Crippen LogP contribution in [0, 0.1) is 5.92 Å². The van der Waals surface area contributed by atoms with E-state index in [-0.39, 0.29) is 0 Å². The van der Waals surface area contributed by atoms with E-state index in [1.807, 2.05) is 0 Å². The average molecular weight is 252 g/mol. The normalized spacial score (nSPS) is 28.5. The summed E-state index contributed by atoms with van der Waals surface area (Å²) in [5.74, 6) is 0.705. The minimum absolute atomic E-state index is 0.540. The molecule has 3 heteroatoms. The summed E-state index contributed by atoms with van der Waals surface area (Å²) in [4.78, 5) is 2.67. The van der Waals surface area contributed by atoms with Crippen molar-refractivity contribution in [1.82, 2.24) is 10.2 Å². The first kappa shape index (κ1) is 13.1. The number of hydrogen-bond acceptors (Lipinski definition) is 3. The number of thiophene rings is 1. The van der Waals surface area contributed by atoms with Crippen LogP contribution in [0.2, 0.25) is 0 Å². The second kappa shape index (κ2) is 5.51. The van der Waals surface area contributed by atoms with Crippen LogP contribution in [-0.2, 0) is 0 Å². The van der Waals surface area contributed by atoms with Crippen molar-refractivity contribution in [3.05, 3.63) is 22.4 Å². The molecule has 2 heterocycles. The first-order valence-corrected chi connectivity index (χ1v) is 7.55. The van der Waals surface area contributed by atoms with Gasteiger partial charge in [0.05, 0.1) is 0 Å². The van der Waals surface area contributed by atoms with Gasteiger partial charge in [0.25, 0.3) is 0 Å². The average Bonchev–Trinajstić information content (AvgIpc) is 2.80. The quantitative estimate of drug-likeness (QED) is 0.889. The van der Waals surface area contributed by atoms with E-state index in [0.29, 0.717) is 24.0 Å². The Bertz CT molecular complexity index is 334. The molecule has 3 atom stereocenters. The predicted octanol–water partition coefficient (Wildman–Crippen LogP) is 3.13. The SMILES string of the molecule is CC1CN(C(C)c2ccsc2)C(C(C)C)CN1. The fourth-order valence-corrected chi connectivity index (χ4v) is 3.47. The third kappa shape index (κ3) is 2.90. The molecule has 96 valence electrons. The van der Waals surface area contributed by atoms with Crippen LogP contribution in [0.25, 0.3) is 0 Å². The fourth-order valence-electron chi connectivity index (χ4n) is 2.72. The molecule has 1 N–H and O–H groups in total. The Morgan fingerprint density at radius 3 is 2.76 bits per heavy atom. The molecule has 17 heavy (non-hydrogen) atoms. The molecule has 0 aliphatic carbocycles. The summed E-state index contributed by atoms with van der Waals surface area (Å²) in [6.07, 6.45) is 0. The molecule has 1 aromatic heterocycles. The maximum atomic E-state index is 3.60. The third-order valence-electron chi connectivity index (χ3n) is 3.88.